The third kappa shape index (κ3) is 2.01. The normalized spacial score (nSPS) is 30.6. The van der Waals surface area contributed by atoms with Crippen molar-refractivity contribution in [2.24, 2.45) is 0 Å². The quantitative estimate of drug-likeness (QED) is 0.601. The Kier molecular flexibility index (Phi) is 3.15. The van der Waals surface area contributed by atoms with Gasteiger partial charge in [0.15, 0.2) is 6.23 Å². The molecule has 0 N–H and O–H groups in total. The second kappa shape index (κ2) is 3.94. The first-order valence-electron chi connectivity index (χ1n) is 4.69. The lowest BCUT2D eigenvalue weighted by Crippen LogP contribution is -2.33. The molecule has 1 aliphatic rings. The maximum absolute atomic E-state index is 5.59. The summed E-state index contributed by atoms with van der Waals surface area (Å²) in [4.78, 5) is 2.31. The summed E-state index contributed by atoms with van der Waals surface area (Å²) in [6, 6.07) is 0.703. The zero-order valence-electron chi connectivity index (χ0n) is 8.34. The SMILES string of the molecule is C=C(C)OC1CCC(CC)N1C. The average Bonchev–Trinajstić information content (AvgIpc) is 2.32. The van der Waals surface area contributed by atoms with Crippen LogP contribution in [0.15, 0.2) is 12.3 Å². The molecule has 0 saturated carbocycles. The van der Waals surface area contributed by atoms with Crippen molar-refractivity contribution < 1.29 is 4.74 Å². The van der Waals surface area contributed by atoms with Crippen molar-refractivity contribution in [2.45, 2.75) is 45.4 Å². The number of rotatable bonds is 3. The summed E-state index contributed by atoms with van der Waals surface area (Å²) in [7, 11) is 2.13. The lowest BCUT2D eigenvalue weighted by Gasteiger charge is -2.25. The largest absolute Gasteiger partial charge is 0.480 e. The van der Waals surface area contributed by atoms with E-state index in [1.165, 1.54) is 12.8 Å². The lowest BCUT2D eigenvalue weighted by atomic mass is 10.2. The summed E-state index contributed by atoms with van der Waals surface area (Å²) in [6.07, 6.45) is 3.88. The van der Waals surface area contributed by atoms with E-state index < -0.39 is 0 Å². The Bertz CT molecular complexity index is 167. The van der Waals surface area contributed by atoms with Gasteiger partial charge in [0.2, 0.25) is 0 Å². The highest BCUT2D eigenvalue weighted by molar-refractivity contribution is 4.84. The Morgan fingerprint density at radius 1 is 1.58 bits per heavy atom. The zero-order chi connectivity index (χ0) is 9.14. The summed E-state index contributed by atoms with van der Waals surface area (Å²) < 4.78 is 5.59. The van der Waals surface area contributed by atoms with Crippen LogP contribution in [-0.2, 0) is 4.74 Å². The van der Waals surface area contributed by atoms with Crippen molar-refractivity contribution in [3.63, 3.8) is 0 Å². The van der Waals surface area contributed by atoms with E-state index in [4.69, 9.17) is 4.74 Å². The number of hydrogen-bond acceptors (Lipinski definition) is 2. The van der Waals surface area contributed by atoms with Gasteiger partial charge in [-0.15, -0.1) is 0 Å². The average molecular weight is 169 g/mol. The molecular formula is C10H19NO. The number of ether oxygens (including phenoxy) is 1. The molecule has 2 unspecified atom stereocenters. The Hall–Kier alpha value is -0.500. The van der Waals surface area contributed by atoms with Gasteiger partial charge in [0.05, 0.1) is 5.76 Å². The van der Waals surface area contributed by atoms with Crippen LogP contribution in [0.4, 0.5) is 0 Å². The van der Waals surface area contributed by atoms with E-state index in [1.54, 1.807) is 0 Å². The summed E-state index contributed by atoms with van der Waals surface area (Å²) in [5.41, 5.74) is 0. The van der Waals surface area contributed by atoms with E-state index in [9.17, 15) is 0 Å². The van der Waals surface area contributed by atoms with E-state index in [1.807, 2.05) is 6.92 Å². The van der Waals surface area contributed by atoms with Crippen LogP contribution >= 0.6 is 0 Å². The van der Waals surface area contributed by atoms with Crippen molar-refractivity contribution in [1.29, 1.82) is 0 Å². The fraction of sp³-hybridized carbons (Fsp3) is 0.800. The van der Waals surface area contributed by atoms with Crippen LogP contribution in [0, 0.1) is 0 Å². The molecule has 70 valence electrons. The van der Waals surface area contributed by atoms with Gasteiger partial charge in [-0.2, -0.15) is 0 Å². The van der Waals surface area contributed by atoms with Gasteiger partial charge >= 0.3 is 0 Å². The highest BCUT2D eigenvalue weighted by Gasteiger charge is 2.29. The molecule has 2 heteroatoms. The highest BCUT2D eigenvalue weighted by atomic mass is 16.5. The fourth-order valence-corrected chi connectivity index (χ4v) is 1.84. The van der Waals surface area contributed by atoms with Gasteiger partial charge in [-0.25, -0.2) is 0 Å². The molecule has 0 aromatic carbocycles. The van der Waals surface area contributed by atoms with Gasteiger partial charge < -0.3 is 4.74 Å². The van der Waals surface area contributed by atoms with Crippen molar-refractivity contribution in [3.05, 3.63) is 12.3 Å². The third-order valence-corrected chi connectivity index (χ3v) is 2.59. The van der Waals surface area contributed by atoms with Crippen LogP contribution in [0.2, 0.25) is 0 Å². The lowest BCUT2D eigenvalue weighted by molar-refractivity contribution is 0.00684. The standard InChI is InChI=1S/C10H19NO/c1-5-9-6-7-10(11(9)4)12-8(2)3/h9-10H,2,5-7H2,1,3-4H3. The summed E-state index contributed by atoms with van der Waals surface area (Å²) in [5.74, 6) is 0.823. The number of likely N-dealkylation sites (tertiary alicyclic amines) is 1. The third-order valence-electron chi connectivity index (χ3n) is 2.59. The maximum Gasteiger partial charge on any atom is 0.152 e. The van der Waals surface area contributed by atoms with E-state index in [2.05, 4.69) is 25.5 Å². The van der Waals surface area contributed by atoms with Gasteiger partial charge in [0, 0.05) is 6.04 Å². The second-order valence-electron chi connectivity index (χ2n) is 3.58. The molecule has 1 rings (SSSR count). The van der Waals surface area contributed by atoms with Crippen molar-refractivity contribution in [3.8, 4) is 0 Å². The van der Waals surface area contributed by atoms with Gasteiger partial charge in [-0.1, -0.05) is 13.5 Å². The molecule has 1 heterocycles. The van der Waals surface area contributed by atoms with E-state index in [0.29, 0.717) is 6.04 Å². The predicted molar refractivity (Wildman–Crippen MR) is 50.8 cm³/mol. The Morgan fingerprint density at radius 2 is 2.25 bits per heavy atom. The summed E-state index contributed by atoms with van der Waals surface area (Å²) >= 11 is 0. The molecule has 0 radical (unpaired) electrons. The molecule has 12 heavy (non-hydrogen) atoms. The van der Waals surface area contributed by atoms with Crippen LogP contribution in [0.25, 0.3) is 0 Å². The Labute approximate surface area is 75.2 Å². The predicted octanol–water partition coefficient (Wildman–Crippen LogP) is 2.37. The van der Waals surface area contributed by atoms with Crippen LogP contribution in [0.1, 0.15) is 33.1 Å². The smallest absolute Gasteiger partial charge is 0.152 e. The molecule has 0 bridgehead atoms. The Morgan fingerprint density at radius 3 is 2.67 bits per heavy atom. The molecule has 0 aliphatic carbocycles. The zero-order valence-corrected chi connectivity index (χ0v) is 8.34. The minimum absolute atomic E-state index is 0.271. The van der Waals surface area contributed by atoms with Gasteiger partial charge in [0.1, 0.15) is 0 Å². The minimum Gasteiger partial charge on any atom is -0.480 e. The van der Waals surface area contributed by atoms with Crippen LogP contribution in [-0.4, -0.2) is 24.2 Å². The van der Waals surface area contributed by atoms with Gasteiger partial charge in [0.25, 0.3) is 0 Å². The highest BCUT2D eigenvalue weighted by Crippen LogP contribution is 2.25. The molecule has 2 atom stereocenters. The molecule has 2 nitrogen and oxygen atoms in total. The minimum atomic E-state index is 0.271. The summed E-state index contributed by atoms with van der Waals surface area (Å²) in [6.45, 7) is 7.89. The van der Waals surface area contributed by atoms with Gasteiger partial charge in [-0.3, -0.25) is 4.90 Å². The van der Waals surface area contributed by atoms with Crippen LogP contribution in [0.5, 0.6) is 0 Å². The molecule has 1 fully saturated rings. The van der Waals surface area contributed by atoms with Crippen molar-refractivity contribution in [1.82, 2.24) is 4.90 Å². The van der Waals surface area contributed by atoms with E-state index in [-0.39, 0.29) is 6.23 Å². The van der Waals surface area contributed by atoms with Crippen molar-refractivity contribution >= 4 is 0 Å². The van der Waals surface area contributed by atoms with Crippen molar-refractivity contribution in [2.75, 3.05) is 7.05 Å². The number of allylic oxidation sites excluding steroid dienone is 1. The molecule has 0 amide bonds. The summed E-state index contributed by atoms with van der Waals surface area (Å²) in [5, 5.41) is 0. The first-order chi connectivity index (χ1) is 5.65. The monoisotopic (exact) mass is 169 g/mol. The molecule has 0 aromatic heterocycles. The first-order valence-corrected chi connectivity index (χ1v) is 4.69. The Balaban J connectivity index is 2.43. The van der Waals surface area contributed by atoms with E-state index in [0.717, 1.165) is 12.2 Å². The van der Waals surface area contributed by atoms with Crippen LogP contribution < -0.4 is 0 Å². The maximum atomic E-state index is 5.59. The first kappa shape index (κ1) is 9.59. The molecule has 0 spiro atoms. The topological polar surface area (TPSA) is 12.5 Å². The number of nitrogens with zero attached hydrogens (tertiary/aromatic N) is 1. The van der Waals surface area contributed by atoms with E-state index >= 15 is 0 Å². The molecular weight excluding hydrogens is 150 g/mol. The number of hydrogen-bond donors (Lipinski definition) is 0. The fourth-order valence-electron chi connectivity index (χ4n) is 1.84. The van der Waals surface area contributed by atoms with Gasteiger partial charge in [-0.05, 0) is 33.2 Å². The van der Waals surface area contributed by atoms with Crippen LogP contribution in [0.3, 0.4) is 0 Å². The molecule has 0 aromatic rings. The molecule has 1 aliphatic heterocycles. The second-order valence-corrected chi connectivity index (χ2v) is 3.58. The molecule has 1 saturated heterocycles.